The van der Waals surface area contributed by atoms with Crippen LogP contribution in [0.5, 0.6) is 0 Å². The smallest absolute Gasteiger partial charge is 0.225 e. The molecule has 0 aliphatic carbocycles. The van der Waals surface area contributed by atoms with Crippen LogP contribution in [0.3, 0.4) is 0 Å². The predicted molar refractivity (Wildman–Crippen MR) is 88.6 cm³/mol. The van der Waals surface area contributed by atoms with Crippen LogP contribution >= 0.6 is 0 Å². The maximum atomic E-state index is 13.8. The number of halogens is 2. The van der Waals surface area contributed by atoms with E-state index in [1.165, 1.54) is 12.1 Å². The van der Waals surface area contributed by atoms with E-state index < -0.39 is 17.7 Å². The van der Waals surface area contributed by atoms with Gasteiger partial charge in [-0.15, -0.1) is 0 Å². The second-order valence-electron chi connectivity index (χ2n) is 5.81. The molecule has 0 aliphatic heterocycles. The first-order valence-electron chi connectivity index (χ1n) is 8.15. The van der Waals surface area contributed by atoms with Gasteiger partial charge >= 0.3 is 0 Å². The number of carbonyl (C=O) groups excluding carboxylic acids is 1. The molecule has 0 saturated heterocycles. The summed E-state index contributed by atoms with van der Waals surface area (Å²) in [4.78, 5) is 12.4. The molecule has 1 N–H and O–H groups in total. The molecular formula is C18H23F2N3O. The third-order valence-corrected chi connectivity index (χ3v) is 4.19. The van der Waals surface area contributed by atoms with Crippen molar-refractivity contribution in [3.8, 4) is 0 Å². The number of hydrogen-bond acceptors (Lipinski definition) is 2. The van der Waals surface area contributed by atoms with Gasteiger partial charge in [0.05, 0.1) is 18.2 Å². The standard InChI is InChI=1S/C18H23F2N3O/c1-5-15-13(16(6-2)23(4)22-15)10-17(24)21-11(3)12-8-7-9-14(19)18(12)20/h7-9,11H,5-6,10H2,1-4H3,(H,21,24). The van der Waals surface area contributed by atoms with Crippen LogP contribution < -0.4 is 5.32 Å². The normalized spacial score (nSPS) is 12.2. The Labute approximate surface area is 140 Å². The Morgan fingerprint density at radius 3 is 2.62 bits per heavy atom. The number of benzene rings is 1. The van der Waals surface area contributed by atoms with E-state index >= 15 is 0 Å². The lowest BCUT2D eigenvalue weighted by molar-refractivity contribution is -0.121. The number of carbonyl (C=O) groups is 1. The fraction of sp³-hybridized carbons (Fsp3) is 0.444. The van der Waals surface area contributed by atoms with Gasteiger partial charge in [-0.05, 0) is 25.8 Å². The molecule has 0 fully saturated rings. The molecule has 130 valence electrons. The summed E-state index contributed by atoms with van der Waals surface area (Å²) in [6.07, 6.45) is 1.70. The summed E-state index contributed by atoms with van der Waals surface area (Å²) in [6.45, 7) is 5.65. The van der Waals surface area contributed by atoms with Gasteiger partial charge in [-0.25, -0.2) is 8.78 Å². The van der Waals surface area contributed by atoms with E-state index in [2.05, 4.69) is 10.4 Å². The van der Waals surface area contributed by atoms with Gasteiger partial charge in [0.1, 0.15) is 0 Å². The molecule has 1 amide bonds. The third kappa shape index (κ3) is 3.63. The average molecular weight is 335 g/mol. The summed E-state index contributed by atoms with van der Waals surface area (Å²) in [5.74, 6) is -2.07. The van der Waals surface area contributed by atoms with Crippen molar-refractivity contribution in [3.05, 3.63) is 52.3 Å². The average Bonchev–Trinajstić information content (AvgIpc) is 2.84. The van der Waals surface area contributed by atoms with E-state index in [-0.39, 0.29) is 17.9 Å². The van der Waals surface area contributed by atoms with Gasteiger partial charge in [-0.2, -0.15) is 5.10 Å². The monoisotopic (exact) mass is 335 g/mol. The van der Waals surface area contributed by atoms with E-state index in [9.17, 15) is 13.6 Å². The summed E-state index contributed by atoms with van der Waals surface area (Å²) < 4.78 is 29.0. The van der Waals surface area contributed by atoms with Crippen LogP contribution in [0.15, 0.2) is 18.2 Å². The number of nitrogens with one attached hydrogen (secondary N) is 1. The van der Waals surface area contributed by atoms with Crippen LogP contribution in [0.1, 0.15) is 49.3 Å². The molecule has 1 aromatic heterocycles. The molecule has 4 nitrogen and oxygen atoms in total. The van der Waals surface area contributed by atoms with E-state index in [1.54, 1.807) is 11.6 Å². The number of aryl methyl sites for hydroxylation is 2. The highest BCUT2D eigenvalue weighted by Gasteiger charge is 2.20. The van der Waals surface area contributed by atoms with Crippen molar-refractivity contribution in [2.45, 2.75) is 46.1 Å². The molecular weight excluding hydrogens is 312 g/mol. The van der Waals surface area contributed by atoms with Gasteiger partial charge in [-0.3, -0.25) is 9.48 Å². The molecule has 2 aromatic rings. The second kappa shape index (κ2) is 7.55. The molecule has 0 radical (unpaired) electrons. The predicted octanol–water partition coefficient (Wildman–Crippen LogP) is 3.24. The molecule has 6 heteroatoms. The van der Waals surface area contributed by atoms with Crippen molar-refractivity contribution in [1.29, 1.82) is 0 Å². The van der Waals surface area contributed by atoms with Crippen LogP contribution in [-0.2, 0) is 31.1 Å². The Morgan fingerprint density at radius 2 is 2.00 bits per heavy atom. The molecule has 0 aliphatic rings. The van der Waals surface area contributed by atoms with Gasteiger partial charge in [-0.1, -0.05) is 26.0 Å². The lowest BCUT2D eigenvalue weighted by Gasteiger charge is -2.15. The quantitative estimate of drug-likeness (QED) is 0.881. The van der Waals surface area contributed by atoms with Crippen LogP contribution in [0.4, 0.5) is 8.78 Å². The van der Waals surface area contributed by atoms with E-state index in [0.717, 1.165) is 35.9 Å². The highest BCUT2D eigenvalue weighted by atomic mass is 19.2. The van der Waals surface area contributed by atoms with Gasteiger partial charge < -0.3 is 5.32 Å². The maximum absolute atomic E-state index is 13.8. The van der Waals surface area contributed by atoms with E-state index in [0.29, 0.717) is 0 Å². The summed E-state index contributed by atoms with van der Waals surface area (Å²) in [6, 6.07) is 3.36. The zero-order valence-corrected chi connectivity index (χ0v) is 14.5. The van der Waals surface area contributed by atoms with Crippen LogP contribution in [0, 0.1) is 11.6 Å². The first-order chi connectivity index (χ1) is 11.4. The van der Waals surface area contributed by atoms with Crippen molar-refractivity contribution in [2.24, 2.45) is 7.05 Å². The highest BCUT2D eigenvalue weighted by molar-refractivity contribution is 5.79. The number of aromatic nitrogens is 2. The molecule has 1 heterocycles. The summed E-state index contributed by atoms with van der Waals surface area (Å²) >= 11 is 0. The van der Waals surface area contributed by atoms with Crippen molar-refractivity contribution in [3.63, 3.8) is 0 Å². The molecule has 24 heavy (non-hydrogen) atoms. The number of rotatable bonds is 6. The topological polar surface area (TPSA) is 46.9 Å². The number of amides is 1. The van der Waals surface area contributed by atoms with Crippen LogP contribution in [0.2, 0.25) is 0 Å². The van der Waals surface area contributed by atoms with Crippen LogP contribution in [0.25, 0.3) is 0 Å². The minimum atomic E-state index is -0.921. The van der Waals surface area contributed by atoms with Crippen molar-refractivity contribution < 1.29 is 13.6 Å². The van der Waals surface area contributed by atoms with Gasteiger partial charge in [0, 0.05) is 23.9 Å². The molecule has 1 atom stereocenters. The fourth-order valence-electron chi connectivity index (χ4n) is 2.98. The van der Waals surface area contributed by atoms with E-state index in [4.69, 9.17) is 0 Å². The first-order valence-corrected chi connectivity index (χ1v) is 8.15. The summed E-state index contributed by atoms with van der Waals surface area (Å²) in [5, 5.41) is 7.19. The zero-order valence-electron chi connectivity index (χ0n) is 14.5. The SMILES string of the molecule is CCc1nn(C)c(CC)c1CC(=O)NC(C)c1cccc(F)c1F. The molecule has 0 spiro atoms. The van der Waals surface area contributed by atoms with Gasteiger partial charge in [0.2, 0.25) is 5.91 Å². The molecule has 2 rings (SSSR count). The Balaban J connectivity index is 2.15. The number of hydrogen-bond donors (Lipinski definition) is 1. The minimum absolute atomic E-state index is 0.140. The largest absolute Gasteiger partial charge is 0.349 e. The Morgan fingerprint density at radius 1 is 1.29 bits per heavy atom. The highest BCUT2D eigenvalue weighted by Crippen LogP contribution is 2.20. The van der Waals surface area contributed by atoms with Gasteiger partial charge in [0.15, 0.2) is 11.6 Å². The molecule has 1 unspecified atom stereocenters. The lowest BCUT2D eigenvalue weighted by atomic mass is 10.0. The van der Waals surface area contributed by atoms with E-state index in [1.807, 2.05) is 20.9 Å². The first kappa shape index (κ1) is 18.1. The Bertz CT molecular complexity index is 740. The zero-order chi connectivity index (χ0) is 17.9. The minimum Gasteiger partial charge on any atom is -0.349 e. The second-order valence-corrected chi connectivity index (χ2v) is 5.81. The molecule has 1 aromatic carbocycles. The Hall–Kier alpha value is -2.24. The molecule has 0 bridgehead atoms. The number of nitrogens with zero attached hydrogens (tertiary/aromatic N) is 2. The van der Waals surface area contributed by atoms with Crippen molar-refractivity contribution in [2.75, 3.05) is 0 Å². The summed E-state index contributed by atoms with van der Waals surface area (Å²) in [5.41, 5.74) is 2.98. The third-order valence-electron chi connectivity index (χ3n) is 4.19. The fourth-order valence-corrected chi connectivity index (χ4v) is 2.98. The summed E-state index contributed by atoms with van der Waals surface area (Å²) in [7, 11) is 1.87. The lowest BCUT2D eigenvalue weighted by Crippen LogP contribution is -2.29. The Kier molecular flexibility index (Phi) is 5.70. The molecule has 0 saturated carbocycles. The van der Waals surface area contributed by atoms with Crippen molar-refractivity contribution >= 4 is 5.91 Å². The van der Waals surface area contributed by atoms with Gasteiger partial charge in [0.25, 0.3) is 0 Å². The van der Waals surface area contributed by atoms with Crippen LogP contribution in [-0.4, -0.2) is 15.7 Å². The van der Waals surface area contributed by atoms with Crippen molar-refractivity contribution in [1.82, 2.24) is 15.1 Å². The maximum Gasteiger partial charge on any atom is 0.225 e.